The number of amides is 2. The average Bonchev–Trinajstić information content (AvgIpc) is 2.63. The van der Waals surface area contributed by atoms with Crippen LogP contribution in [0.3, 0.4) is 0 Å². The molecule has 9 heteroatoms. The normalized spacial score (nSPS) is 13.2. The Kier molecular flexibility index (Phi) is 9.81. The van der Waals surface area contributed by atoms with Crippen molar-refractivity contribution in [2.45, 2.75) is 44.2 Å². The predicted octanol–water partition coefficient (Wildman–Crippen LogP) is 1.46. The third-order valence-corrected chi connectivity index (χ3v) is 4.49. The molecule has 1 aromatic carbocycles. The van der Waals surface area contributed by atoms with Crippen molar-refractivity contribution in [2.24, 2.45) is 0 Å². The first-order valence-corrected chi connectivity index (χ1v) is 9.92. The zero-order chi connectivity index (χ0) is 21.2. The van der Waals surface area contributed by atoms with E-state index >= 15 is 0 Å². The Hall–Kier alpha value is -2.26. The molecule has 2 atom stereocenters. The highest BCUT2D eigenvalue weighted by Crippen LogP contribution is 2.14. The lowest BCUT2D eigenvalue weighted by molar-refractivity contribution is -0.146. The number of carbonyl (C=O) groups excluding carboxylic acids is 3. The minimum Gasteiger partial charge on any atom is -0.467 e. The summed E-state index contributed by atoms with van der Waals surface area (Å²) in [5.74, 6) is -0.500. The lowest BCUT2D eigenvalue weighted by atomic mass is 10.2. The summed E-state index contributed by atoms with van der Waals surface area (Å²) in [5.41, 5.74) is 0.355. The van der Waals surface area contributed by atoms with Crippen LogP contribution in [-0.2, 0) is 24.8 Å². The van der Waals surface area contributed by atoms with Crippen LogP contribution in [-0.4, -0.2) is 60.2 Å². The Labute approximate surface area is 169 Å². The number of aliphatic hydroxyl groups is 1. The number of hydrogen-bond acceptors (Lipinski definition) is 7. The fourth-order valence-electron chi connectivity index (χ4n) is 2.10. The van der Waals surface area contributed by atoms with Crippen LogP contribution in [0.5, 0.6) is 0 Å². The largest absolute Gasteiger partial charge is 0.467 e. The second-order valence-electron chi connectivity index (χ2n) is 6.97. The van der Waals surface area contributed by atoms with Crippen molar-refractivity contribution in [3.8, 4) is 0 Å². The molecule has 0 aliphatic heterocycles. The van der Waals surface area contributed by atoms with E-state index in [0.29, 0.717) is 5.75 Å². The van der Waals surface area contributed by atoms with E-state index in [-0.39, 0.29) is 5.75 Å². The van der Waals surface area contributed by atoms with Gasteiger partial charge >= 0.3 is 12.1 Å². The molecule has 2 amide bonds. The Bertz CT molecular complexity index is 648. The van der Waals surface area contributed by atoms with Gasteiger partial charge in [-0.25, -0.2) is 9.59 Å². The smallest absolute Gasteiger partial charge is 0.408 e. The molecule has 3 N–H and O–H groups in total. The van der Waals surface area contributed by atoms with Gasteiger partial charge in [-0.05, 0) is 26.3 Å². The van der Waals surface area contributed by atoms with Gasteiger partial charge in [-0.15, -0.1) is 0 Å². The SMILES string of the molecule is COC(=O)C(CO)NC(=O)[C@@H](CSCc1ccccc1)NC(=O)OC(C)(C)C. The van der Waals surface area contributed by atoms with Gasteiger partial charge in [0, 0.05) is 11.5 Å². The summed E-state index contributed by atoms with van der Waals surface area (Å²) in [4.78, 5) is 36.2. The number of carbonyl (C=O) groups is 3. The van der Waals surface area contributed by atoms with Crippen molar-refractivity contribution in [3.05, 3.63) is 35.9 Å². The molecule has 28 heavy (non-hydrogen) atoms. The minimum absolute atomic E-state index is 0.249. The summed E-state index contributed by atoms with van der Waals surface area (Å²) in [7, 11) is 1.16. The molecule has 0 radical (unpaired) electrons. The number of esters is 1. The second kappa shape index (κ2) is 11.6. The first-order chi connectivity index (χ1) is 13.2. The third kappa shape index (κ3) is 9.09. The van der Waals surface area contributed by atoms with Crippen LogP contribution in [0.1, 0.15) is 26.3 Å². The van der Waals surface area contributed by atoms with Gasteiger partial charge in [0.2, 0.25) is 5.91 Å². The molecule has 0 aliphatic rings. The number of hydrogen-bond donors (Lipinski definition) is 3. The van der Waals surface area contributed by atoms with Crippen LogP contribution < -0.4 is 10.6 Å². The van der Waals surface area contributed by atoms with Gasteiger partial charge in [0.25, 0.3) is 0 Å². The van der Waals surface area contributed by atoms with Crippen molar-refractivity contribution in [3.63, 3.8) is 0 Å². The zero-order valence-electron chi connectivity index (χ0n) is 16.6. The highest BCUT2D eigenvalue weighted by atomic mass is 32.2. The number of aliphatic hydroxyl groups excluding tert-OH is 1. The van der Waals surface area contributed by atoms with E-state index in [2.05, 4.69) is 15.4 Å². The molecule has 1 aromatic rings. The van der Waals surface area contributed by atoms with E-state index in [1.165, 1.54) is 11.8 Å². The Morgan fingerprint density at radius 2 is 1.75 bits per heavy atom. The predicted molar refractivity (Wildman–Crippen MR) is 107 cm³/mol. The summed E-state index contributed by atoms with van der Waals surface area (Å²) in [6, 6.07) is 7.51. The summed E-state index contributed by atoms with van der Waals surface area (Å²) in [5, 5.41) is 14.2. The van der Waals surface area contributed by atoms with E-state index in [0.717, 1.165) is 12.7 Å². The van der Waals surface area contributed by atoms with Gasteiger partial charge in [0.1, 0.15) is 11.6 Å². The second-order valence-corrected chi connectivity index (χ2v) is 8.00. The molecule has 1 unspecified atom stereocenters. The number of methoxy groups -OCH3 is 1. The maximum Gasteiger partial charge on any atom is 0.408 e. The van der Waals surface area contributed by atoms with Crippen molar-refractivity contribution < 1.29 is 29.0 Å². The van der Waals surface area contributed by atoms with Crippen LogP contribution in [0.25, 0.3) is 0 Å². The van der Waals surface area contributed by atoms with Crippen molar-refractivity contribution >= 4 is 29.7 Å². The molecule has 0 aromatic heterocycles. The van der Waals surface area contributed by atoms with Gasteiger partial charge in [0.05, 0.1) is 13.7 Å². The van der Waals surface area contributed by atoms with Crippen molar-refractivity contribution in [1.29, 1.82) is 0 Å². The van der Waals surface area contributed by atoms with E-state index < -0.39 is 42.3 Å². The van der Waals surface area contributed by atoms with Crippen LogP contribution in [0.2, 0.25) is 0 Å². The Morgan fingerprint density at radius 3 is 2.29 bits per heavy atom. The van der Waals surface area contributed by atoms with Crippen molar-refractivity contribution in [2.75, 3.05) is 19.5 Å². The van der Waals surface area contributed by atoms with Gasteiger partial charge in [-0.1, -0.05) is 30.3 Å². The maximum atomic E-state index is 12.6. The summed E-state index contributed by atoms with van der Waals surface area (Å²) >= 11 is 1.44. The molecule has 8 nitrogen and oxygen atoms in total. The maximum absolute atomic E-state index is 12.6. The number of alkyl carbamates (subject to hydrolysis) is 1. The molecule has 0 bridgehead atoms. The van der Waals surface area contributed by atoms with E-state index in [9.17, 15) is 19.5 Å². The number of benzene rings is 1. The third-order valence-electron chi connectivity index (χ3n) is 3.39. The number of nitrogens with one attached hydrogen (secondary N) is 2. The van der Waals surface area contributed by atoms with Crippen LogP contribution in [0.4, 0.5) is 4.79 Å². The highest BCUT2D eigenvalue weighted by molar-refractivity contribution is 7.98. The minimum atomic E-state index is -1.21. The first-order valence-electron chi connectivity index (χ1n) is 8.76. The number of rotatable bonds is 9. The number of ether oxygens (including phenoxy) is 2. The Morgan fingerprint density at radius 1 is 1.11 bits per heavy atom. The molecule has 156 valence electrons. The molecule has 0 fully saturated rings. The van der Waals surface area contributed by atoms with Crippen LogP contribution in [0.15, 0.2) is 30.3 Å². The van der Waals surface area contributed by atoms with Crippen LogP contribution in [0, 0.1) is 0 Å². The summed E-state index contributed by atoms with van der Waals surface area (Å²) in [6.45, 7) is 4.52. The zero-order valence-corrected chi connectivity index (χ0v) is 17.4. The molecule has 0 saturated heterocycles. The molecular weight excluding hydrogens is 384 g/mol. The highest BCUT2D eigenvalue weighted by Gasteiger charge is 2.28. The average molecular weight is 413 g/mol. The summed E-state index contributed by atoms with van der Waals surface area (Å²) in [6.07, 6.45) is -0.744. The molecular formula is C19H28N2O6S. The monoisotopic (exact) mass is 412 g/mol. The standard InChI is InChI=1S/C19H28N2O6S/c1-19(2,3)27-18(25)21-15(12-28-11-13-8-6-5-7-9-13)16(23)20-14(10-22)17(24)26-4/h5-9,14-15,22H,10-12H2,1-4H3,(H,20,23)(H,21,25)/t14?,15-/m1/s1. The molecule has 1 rings (SSSR count). The van der Waals surface area contributed by atoms with E-state index in [4.69, 9.17) is 4.74 Å². The van der Waals surface area contributed by atoms with Gasteiger partial charge in [-0.2, -0.15) is 11.8 Å². The first kappa shape index (κ1) is 23.8. The van der Waals surface area contributed by atoms with Gasteiger partial charge < -0.3 is 25.2 Å². The summed E-state index contributed by atoms with van der Waals surface area (Å²) < 4.78 is 9.74. The van der Waals surface area contributed by atoms with E-state index in [1.807, 2.05) is 30.3 Å². The van der Waals surface area contributed by atoms with Gasteiger partial charge in [0.15, 0.2) is 6.04 Å². The van der Waals surface area contributed by atoms with Crippen LogP contribution >= 0.6 is 11.8 Å². The molecule has 0 aliphatic carbocycles. The lowest BCUT2D eigenvalue weighted by Gasteiger charge is -2.24. The molecule has 0 spiro atoms. The number of thioether (sulfide) groups is 1. The lowest BCUT2D eigenvalue weighted by Crippen LogP contribution is -2.54. The fourth-order valence-corrected chi connectivity index (χ4v) is 3.11. The topological polar surface area (TPSA) is 114 Å². The molecule has 0 heterocycles. The Balaban J connectivity index is 2.76. The van der Waals surface area contributed by atoms with E-state index in [1.54, 1.807) is 20.8 Å². The quantitative estimate of drug-likeness (QED) is 0.526. The van der Waals surface area contributed by atoms with Crippen molar-refractivity contribution in [1.82, 2.24) is 10.6 Å². The fraction of sp³-hybridized carbons (Fsp3) is 0.526. The van der Waals surface area contributed by atoms with Gasteiger partial charge in [-0.3, -0.25) is 4.79 Å². The molecule has 0 saturated carbocycles.